The number of nitrogens with two attached hydrogens (primary N) is 1. The molecule has 10 fully saturated rings. The van der Waals surface area contributed by atoms with Crippen LogP contribution in [0.2, 0.25) is 0 Å². The van der Waals surface area contributed by atoms with Crippen molar-refractivity contribution in [3.8, 4) is 0 Å². The number of hydrogen-bond acceptors (Lipinski definition) is 25. The number of carbonyl (C=O) groups excluding carboxylic acids is 11. The molecule has 4 spiro atoms. The summed E-state index contributed by atoms with van der Waals surface area (Å²) in [5.41, 5.74) is 7.25. The standard InChI is InChI=1S/C15H19N3O4.C15H21N3O2.C14H23NO4.C14H25NO2.C10H17NO3.C9H17N.2CO2/c1-2-22-14(19)12-8-15(12)6-3-7-17(10-15)13-5-4-11(9-16-13)18(20)21;1-2-20-14(19)12-8-15(12)6-3-7-18(10-15)13-5-4-11(16)9-17-13;1-5-18-12(16)9-11-7-6-8-15(10-11)13(17)19-14(2,3)4;1-5-11-9-14(11)7-6-8-15(10-14)12(16)17-13(2,3)4;1-10(2,3)14-9(13)11-6-4-5-8(12)7-11;1-2-8-6-9(8)4-3-5-10-7-9;2*2-1-3/h4-5,9,12H,2-3,6-8,10H2,1H3;4-5,9,12H,2-3,6-8,10,16H2,1H3;9H,5-8,10H2,1-4H3;11H,5-10H2,1-4H3;4-7H2,1-3H3;8,10H,2-7H2,1H3;;/b;;11-9+;;;;;. The number of ketones is 1. The number of esters is 3. The van der Waals surface area contributed by atoms with Crippen LogP contribution in [0, 0.1) is 55.4 Å². The average molecular weight is 1520 g/mol. The lowest BCUT2D eigenvalue weighted by atomic mass is 9.92. The zero-order chi connectivity index (χ0) is 80.3. The third kappa shape index (κ3) is 28.8. The first-order chi connectivity index (χ1) is 51.0. The maximum absolute atomic E-state index is 12.0. The molecule has 2 aromatic rings. The second-order valence-corrected chi connectivity index (χ2v) is 32.8. The molecule has 2 aromatic heterocycles. The Balaban J connectivity index is 0.000000231. The highest BCUT2D eigenvalue weighted by Gasteiger charge is 2.62. The van der Waals surface area contributed by atoms with Gasteiger partial charge < -0.3 is 64.0 Å². The van der Waals surface area contributed by atoms with Crippen LogP contribution in [0.4, 0.5) is 37.4 Å². The molecule has 0 aromatic carbocycles. The van der Waals surface area contributed by atoms with Gasteiger partial charge in [0, 0.05) is 94.8 Å². The van der Waals surface area contributed by atoms with Gasteiger partial charge in [0.1, 0.15) is 34.6 Å². The molecule has 6 saturated heterocycles. The molecule has 6 aliphatic heterocycles. The lowest BCUT2D eigenvalue weighted by Crippen LogP contribution is -2.44. The van der Waals surface area contributed by atoms with Crippen LogP contribution in [-0.2, 0) is 66.8 Å². The normalized spacial score (nSPS) is 25.9. The minimum atomic E-state index is -0.500. The van der Waals surface area contributed by atoms with Gasteiger partial charge >= 0.3 is 48.5 Å². The van der Waals surface area contributed by atoms with E-state index in [1.807, 2.05) is 93.2 Å². The Morgan fingerprint density at radius 1 is 0.565 bits per heavy atom. The number of carbonyl (C=O) groups is 7. The van der Waals surface area contributed by atoms with Crippen LogP contribution in [0.1, 0.15) is 213 Å². The summed E-state index contributed by atoms with van der Waals surface area (Å²) in [7, 11) is 0. The van der Waals surface area contributed by atoms with Gasteiger partial charge in [-0.3, -0.25) is 24.5 Å². The SMILES string of the molecule is CC(C)(C)OC(=O)N1CCCC(=O)C1.CCC1CC12CCCN(C(=O)OC(C)(C)C)C2.CCC1CC12CCCNC2.CCOC(=O)/C=C1\CCCN(C(=O)OC(C)(C)C)C1.CCOC(=O)C1CC12CCCN(c1ccc(N)cn1)C2.CCOC(=O)C1CC12CCCN(c1ccc([N+](=O)[O-])cn1)C2.O=C=O.O=C=O. The third-order valence-corrected chi connectivity index (χ3v) is 21.1. The maximum Gasteiger partial charge on any atom is 0.410 e. The number of Topliss-reactive ketones (excluding diaryl/α,β-unsaturated/α-hetero) is 1. The van der Waals surface area contributed by atoms with E-state index in [9.17, 15) is 43.7 Å². The molecule has 8 unspecified atom stereocenters. The Kier molecular flexibility index (Phi) is 34.4. The lowest BCUT2D eigenvalue weighted by Gasteiger charge is -2.35. The Hall–Kier alpha value is -8.55. The fourth-order valence-electron chi connectivity index (χ4n) is 15.6. The Labute approximate surface area is 637 Å². The van der Waals surface area contributed by atoms with Gasteiger partial charge in [0.25, 0.3) is 5.69 Å². The molecule has 3 N–H and O–H groups in total. The van der Waals surface area contributed by atoms with Gasteiger partial charge in [-0.15, -0.1) is 0 Å². The van der Waals surface area contributed by atoms with Gasteiger partial charge in [0.2, 0.25) is 0 Å². The van der Waals surface area contributed by atoms with Crippen molar-refractivity contribution in [2.75, 3.05) is 114 Å². The highest BCUT2D eigenvalue weighted by atomic mass is 16.6. The van der Waals surface area contributed by atoms with Gasteiger partial charge in [-0.05, 0) is 232 Å². The van der Waals surface area contributed by atoms with Crippen molar-refractivity contribution in [2.45, 2.75) is 229 Å². The average Bonchev–Trinajstić information content (AvgIpc) is 1.60. The Bertz CT molecular complexity index is 3380. The number of nitro groups is 1. The number of nitrogen functional groups attached to an aromatic ring is 1. The number of likely N-dealkylation sites (tertiary alicyclic amines) is 3. The first-order valence-corrected chi connectivity index (χ1v) is 38.6. The quantitative estimate of drug-likeness (QED) is 0.0693. The van der Waals surface area contributed by atoms with Gasteiger partial charge in [-0.1, -0.05) is 26.7 Å². The predicted molar refractivity (Wildman–Crippen MR) is 401 cm³/mol. The molecule has 8 heterocycles. The molecule has 108 heavy (non-hydrogen) atoms. The number of pyridine rings is 2. The predicted octanol–water partition coefficient (Wildman–Crippen LogP) is 12.1. The molecule has 4 saturated carbocycles. The first-order valence-electron chi connectivity index (χ1n) is 38.6. The Morgan fingerprint density at radius 2 is 1.00 bits per heavy atom. The van der Waals surface area contributed by atoms with E-state index in [1.54, 1.807) is 24.1 Å². The minimum absolute atomic E-state index is 0.00621. The molecule has 29 nitrogen and oxygen atoms in total. The number of amides is 3. The number of anilines is 3. The van der Waals surface area contributed by atoms with E-state index in [2.05, 4.69) is 38.9 Å². The monoisotopic (exact) mass is 1510 g/mol. The number of hydrogen-bond donors (Lipinski definition) is 2. The molecule has 602 valence electrons. The van der Waals surface area contributed by atoms with Crippen molar-refractivity contribution in [1.82, 2.24) is 30.0 Å². The highest BCUT2D eigenvalue weighted by molar-refractivity contribution is 5.85. The number of nitrogens with zero attached hydrogens (tertiary/aromatic N) is 8. The Morgan fingerprint density at radius 3 is 1.42 bits per heavy atom. The fourth-order valence-corrected chi connectivity index (χ4v) is 15.6. The molecule has 0 bridgehead atoms. The van der Waals surface area contributed by atoms with Gasteiger partial charge in [-0.25, -0.2) is 29.1 Å². The van der Waals surface area contributed by atoms with Crippen LogP contribution >= 0.6 is 0 Å². The van der Waals surface area contributed by atoms with Crippen molar-refractivity contribution in [2.24, 2.45) is 45.3 Å². The summed E-state index contributed by atoms with van der Waals surface area (Å²) in [6, 6.07) is 6.98. The summed E-state index contributed by atoms with van der Waals surface area (Å²) in [6.45, 7) is 37.8. The summed E-state index contributed by atoms with van der Waals surface area (Å²) in [5, 5.41) is 14.2. The van der Waals surface area contributed by atoms with Crippen molar-refractivity contribution >= 4 is 77.3 Å². The molecule has 4 aliphatic carbocycles. The topological polar surface area (TPSA) is 366 Å². The lowest BCUT2D eigenvalue weighted by molar-refractivity contribution is -0.385. The molecule has 12 rings (SSSR count). The van der Waals surface area contributed by atoms with Crippen molar-refractivity contribution in [3.63, 3.8) is 0 Å². The molecule has 3 amide bonds. The molecule has 10 aliphatic rings. The third-order valence-electron chi connectivity index (χ3n) is 21.1. The molecular weight excluding hydrogens is 1390 g/mol. The van der Waals surface area contributed by atoms with E-state index in [-0.39, 0.29) is 94.8 Å². The van der Waals surface area contributed by atoms with Crippen LogP contribution in [0.15, 0.2) is 48.3 Å². The second-order valence-electron chi connectivity index (χ2n) is 32.8. The van der Waals surface area contributed by atoms with Crippen molar-refractivity contribution in [1.29, 1.82) is 0 Å². The van der Waals surface area contributed by atoms with Crippen molar-refractivity contribution < 1.29 is 86.1 Å². The van der Waals surface area contributed by atoms with Crippen LogP contribution in [-0.4, -0.2) is 199 Å². The minimum Gasteiger partial charge on any atom is -0.466 e. The summed E-state index contributed by atoms with van der Waals surface area (Å²) in [5.74, 6) is 3.32. The number of nitrogens with one attached hydrogen (secondary N) is 1. The largest absolute Gasteiger partial charge is 0.466 e. The fraction of sp³-hybridized carbons (Fsp3) is 0.734. The molecule has 0 radical (unpaired) electrons. The van der Waals surface area contributed by atoms with Gasteiger partial charge in [0.05, 0.1) is 55.0 Å². The zero-order valence-corrected chi connectivity index (χ0v) is 66.6. The number of aromatic nitrogens is 2. The van der Waals surface area contributed by atoms with Crippen LogP contribution in [0.25, 0.3) is 0 Å². The molecule has 29 heteroatoms. The van der Waals surface area contributed by atoms with E-state index in [0.29, 0.717) is 57.0 Å². The summed E-state index contributed by atoms with van der Waals surface area (Å²) in [6.07, 6.45) is 24.0. The summed E-state index contributed by atoms with van der Waals surface area (Å²) >= 11 is 0. The number of piperidine rings is 6. The van der Waals surface area contributed by atoms with E-state index < -0.39 is 16.1 Å². The second kappa shape index (κ2) is 41.3. The van der Waals surface area contributed by atoms with E-state index in [4.69, 9.17) is 53.3 Å². The van der Waals surface area contributed by atoms with Gasteiger partial charge in [0.15, 0.2) is 5.78 Å². The van der Waals surface area contributed by atoms with E-state index >= 15 is 0 Å². The highest BCUT2D eigenvalue weighted by Crippen LogP contribution is 2.61. The first kappa shape index (κ1) is 90.1. The summed E-state index contributed by atoms with van der Waals surface area (Å²) in [4.78, 5) is 142. The van der Waals surface area contributed by atoms with Gasteiger partial charge in [-0.2, -0.15) is 19.2 Å². The number of ether oxygens (including phenoxy) is 6. The molecular formula is C79H122N10O19. The van der Waals surface area contributed by atoms with Crippen LogP contribution in [0.5, 0.6) is 0 Å². The van der Waals surface area contributed by atoms with Crippen LogP contribution in [0.3, 0.4) is 0 Å². The smallest absolute Gasteiger partial charge is 0.410 e. The number of rotatable bonds is 11. The molecule has 8 atom stereocenters. The van der Waals surface area contributed by atoms with Crippen molar-refractivity contribution in [3.05, 3.63) is 58.4 Å². The zero-order valence-electron chi connectivity index (χ0n) is 66.6. The van der Waals surface area contributed by atoms with E-state index in [0.717, 1.165) is 138 Å². The van der Waals surface area contributed by atoms with E-state index in [1.165, 1.54) is 81.3 Å². The van der Waals surface area contributed by atoms with Crippen LogP contribution < -0.4 is 20.9 Å². The maximum atomic E-state index is 12.0. The summed E-state index contributed by atoms with van der Waals surface area (Å²) < 4.78 is 31.1.